The Hall–Kier alpha value is 0.467. The van der Waals surface area contributed by atoms with Gasteiger partial charge < -0.3 is 4.98 Å². The molecule has 1 aliphatic rings. The van der Waals surface area contributed by atoms with Crippen molar-refractivity contribution in [1.29, 1.82) is 0 Å². The highest BCUT2D eigenvalue weighted by molar-refractivity contribution is 6.92. The molecule has 1 fully saturated rings. The second kappa shape index (κ2) is 5.17. The molecule has 66 valence electrons. The molecule has 1 atom stereocenters. The molecule has 3 heteroatoms. The van der Waals surface area contributed by atoms with Gasteiger partial charge in [-0.3, -0.25) is 0 Å². The van der Waals surface area contributed by atoms with Crippen LogP contribution in [0.4, 0.5) is 0 Å². The van der Waals surface area contributed by atoms with Crippen LogP contribution in [0.25, 0.3) is 0 Å². The summed E-state index contributed by atoms with van der Waals surface area (Å²) >= 11 is 5.74. The highest BCUT2D eigenvalue weighted by Crippen LogP contribution is 2.25. The predicted molar refractivity (Wildman–Crippen MR) is 53.6 cm³/mol. The molecule has 0 aromatic rings. The van der Waals surface area contributed by atoms with E-state index >= 15 is 0 Å². The number of hydrogen-bond donors (Lipinski definition) is 1. The Morgan fingerprint density at radius 3 is 2.55 bits per heavy atom. The van der Waals surface area contributed by atoms with E-state index in [0.717, 1.165) is 5.92 Å². The van der Waals surface area contributed by atoms with E-state index in [-0.39, 0.29) is 0 Å². The summed E-state index contributed by atoms with van der Waals surface area (Å²) in [6, 6.07) is 0.680. The molecule has 11 heavy (non-hydrogen) atoms. The molecule has 1 aliphatic carbocycles. The zero-order valence-corrected chi connectivity index (χ0v) is 9.45. The van der Waals surface area contributed by atoms with E-state index < -0.39 is 8.99 Å². The minimum atomic E-state index is -0.456. The van der Waals surface area contributed by atoms with Crippen molar-refractivity contribution in [2.75, 3.05) is 0 Å². The molecule has 0 saturated heterocycles. The number of hydrogen-bond acceptors (Lipinski definition) is 1. The van der Waals surface area contributed by atoms with Crippen molar-refractivity contribution < 1.29 is 0 Å². The van der Waals surface area contributed by atoms with Gasteiger partial charge in [0.05, 0.1) is 0 Å². The Bertz CT molecular complexity index is 104. The van der Waals surface area contributed by atoms with Crippen molar-refractivity contribution in [3.8, 4) is 0 Å². The molecule has 0 spiro atoms. The van der Waals surface area contributed by atoms with Gasteiger partial charge in [-0.05, 0) is 18.8 Å². The lowest BCUT2D eigenvalue weighted by Gasteiger charge is -2.27. The molecule has 0 aliphatic heterocycles. The van der Waals surface area contributed by atoms with E-state index in [1.54, 1.807) is 0 Å². The van der Waals surface area contributed by atoms with Gasteiger partial charge >= 0.3 is 0 Å². The van der Waals surface area contributed by atoms with Gasteiger partial charge in [0.2, 0.25) is 0 Å². The van der Waals surface area contributed by atoms with E-state index in [1.165, 1.54) is 32.1 Å². The normalized spacial score (nSPS) is 24.5. The Morgan fingerprint density at radius 2 is 2.00 bits per heavy atom. The maximum atomic E-state index is 5.74. The largest absolute Gasteiger partial charge is 0.327 e. The lowest BCUT2D eigenvalue weighted by Crippen LogP contribution is -2.35. The van der Waals surface area contributed by atoms with E-state index in [2.05, 4.69) is 11.9 Å². The maximum absolute atomic E-state index is 5.74. The fourth-order valence-electron chi connectivity index (χ4n) is 1.92. The van der Waals surface area contributed by atoms with Gasteiger partial charge in [-0.25, -0.2) is 0 Å². The summed E-state index contributed by atoms with van der Waals surface area (Å²) in [6.45, 7) is 2.28. The zero-order valence-electron chi connectivity index (χ0n) is 7.28. The molecule has 1 nitrogen and oxygen atoms in total. The number of halogens is 1. The summed E-state index contributed by atoms with van der Waals surface area (Å²) in [5.74, 6) is 0.912. The fourth-order valence-corrected chi connectivity index (χ4v) is 3.23. The average molecular weight is 192 g/mol. The van der Waals surface area contributed by atoms with Crippen LogP contribution in [0.3, 0.4) is 0 Å². The Morgan fingerprint density at radius 1 is 1.36 bits per heavy atom. The van der Waals surface area contributed by atoms with Crippen molar-refractivity contribution in [2.45, 2.75) is 45.1 Å². The molecule has 1 unspecified atom stereocenters. The van der Waals surface area contributed by atoms with Crippen LogP contribution >= 0.6 is 11.1 Å². The van der Waals surface area contributed by atoms with Gasteiger partial charge in [0.15, 0.2) is 8.99 Å². The number of rotatable bonds is 3. The summed E-state index contributed by atoms with van der Waals surface area (Å²) in [6.07, 6.45) is 7.14. The van der Waals surface area contributed by atoms with Crippen molar-refractivity contribution in [1.82, 2.24) is 4.98 Å². The summed E-state index contributed by atoms with van der Waals surface area (Å²) in [5.41, 5.74) is 0. The Kier molecular flexibility index (Phi) is 4.49. The van der Waals surface area contributed by atoms with E-state index in [1.807, 2.05) is 0 Å². The first-order chi connectivity index (χ1) is 5.34. The molecule has 1 saturated carbocycles. The van der Waals surface area contributed by atoms with Crippen molar-refractivity contribution in [2.24, 2.45) is 5.92 Å². The lowest BCUT2D eigenvalue weighted by atomic mass is 9.85. The molecule has 0 bridgehead atoms. The molecular formula is C8H18ClNSi. The van der Waals surface area contributed by atoms with Gasteiger partial charge in [-0.15, -0.1) is 0 Å². The summed E-state index contributed by atoms with van der Waals surface area (Å²) in [7, 11) is -0.456. The second-order valence-corrected chi connectivity index (χ2v) is 5.00. The highest BCUT2D eigenvalue weighted by Gasteiger charge is 2.18. The highest BCUT2D eigenvalue weighted by atomic mass is 35.6. The lowest BCUT2D eigenvalue weighted by molar-refractivity contribution is 0.305. The van der Waals surface area contributed by atoms with Crippen LogP contribution in [0, 0.1) is 5.92 Å². The molecule has 0 radical (unpaired) electrons. The third kappa shape index (κ3) is 3.14. The molecule has 0 amide bonds. The molecule has 0 heterocycles. The Balaban J connectivity index is 2.21. The monoisotopic (exact) mass is 191 g/mol. The minimum Gasteiger partial charge on any atom is -0.327 e. The molecule has 0 aromatic carbocycles. The molecular weight excluding hydrogens is 174 g/mol. The van der Waals surface area contributed by atoms with Crippen LogP contribution in [-0.2, 0) is 0 Å². The van der Waals surface area contributed by atoms with Gasteiger partial charge in [0.1, 0.15) is 0 Å². The van der Waals surface area contributed by atoms with E-state index in [0.29, 0.717) is 6.04 Å². The van der Waals surface area contributed by atoms with Gasteiger partial charge in [0.25, 0.3) is 0 Å². The van der Waals surface area contributed by atoms with Crippen molar-refractivity contribution in [3.63, 3.8) is 0 Å². The van der Waals surface area contributed by atoms with Gasteiger partial charge in [-0.1, -0.05) is 26.2 Å². The maximum Gasteiger partial charge on any atom is 0.195 e. The standard InChI is InChI=1S/C8H18ClNSi/c1-7(10-11-9)8-5-3-2-4-6-8/h7-8,10H,2-6,11H2,1H3. The van der Waals surface area contributed by atoms with Crippen LogP contribution in [0.2, 0.25) is 0 Å². The van der Waals surface area contributed by atoms with E-state index in [4.69, 9.17) is 11.1 Å². The Labute approximate surface area is 76.5 Å². The third-order valence-corrected chi connectivity index (χ3v) is 4.02. The first-order valence-electron chi connectivity index (χ1n) is 4.64. The minimum absolute atomic E-state index is 0.456. The SMILES string of the molecule is CC(N[SiH2]Cl)C1CCCCC1. The number of nitrogens with one attached hydrogen (secondary N) is 1. The fraction of sp³-hybridized carbons (Fsp3) is 1.00. The van der Waals surface area contributed by atoms with Crippen molar-refractivity contribution in [3.05, 3.63) is 0 Å². The molecule has 1 rings (SSSR count). The summed E-state index contributed by atoms with van der Waals surface area (Å²) in [4.78, 5) is 3.42. The van der Waals surface area contributed by atoms with Crippen LogP contribution in [-0.4, -0.2) is 15.0 Å². The van der Waals surface area contributed by atoms with Crippen LogP contribution in [0.15, 0.2) is 0 Å². The summed E-state index contributed by atoms with van der Waals surface area (Å²) < 4.78 is 0. The van der Waals surface area contributed by atoms with Crippen LogP contribution in [0.1, 0.15) is 39.0 Å². The van der Waals surface area contributed by atoms with Crippen LogP contribution in [0.5, 0.6) is 0 Å². The second-order valence-electron chi connectivity index (χ2n) is 3.52. The first kappa shape index (κ1) is 9.55. The van der Waals surface area contributed by atoms with Gasteiger partial charge in [-0.2, -0.15) is 11.1 Å². The topological polar surface area (TPSA) is 12.0 Å². The van der Waals surface area contributed by atoms with E-state index in [9.17, 15) is 0 Å². The summed E-state index contributed by atoms with van der Waals surface area (Å²) in [5, 5.41) is 0. The smallest absolute Gasteiger partial charge is 0.195 e. The third-order valence-electron chi connectivity index (χ3n) is 2.76. The first-order valence-corrected chi connectivity index (χ1v) is 7.48. The molecule has 1 N–H and O–H groups in total. The van der Waals surface area contributed by atoms with Crippen LogP contribution < -0.4 is 4.98 Å². The molecule has 0 aromatic heterocycles. The zero-order chi connectivity index (χ0) is 8.10. The van der Waals surface area contributed by atoms with Crippen molar-refractivity contribution >= 4 is 20.1 Å². The predicted octanol–water partition coefficient (Wildman–Crippen LogP) is 1.78. The van der Waals surface area contributed by atoms with Gasteiger partial charge in [0, 0.05) is 6.04 Å². The average Bonchev–Trinajstić information content (AvgIpc) is 2.07. The quantitative estimate of drug-likeness (QED) is 0.530.